The molecule has 0 bridgehead atoms. The predicted molar refractivity (Wildman–Crippen MR) is 108 cm³/mol. The van der Waals surface area contributed by atoms with Crippen molar-refractivity contribution in [1.82, 2.24) is 9.55 Å². The lowest BCUT2D eigenvalue weighted by Gasteiger charge is -2.19. The standard InChI is InChI=1S/C20H10BrClF5N3O/c1-8-18-29-19(31)10(21)7-30(18)13-6-5-9(20(25,26)27)16(22)15(13)17(28-8)14-11(23)3-2-4-12(14)24/h2-8H,1H3. The van der Waals surface area contributed by atoms with Gasteiger partial charge in [-0.2, -0.15) is 18.2 Å². The van der Waals surface area contributed by atoms with Gasteiger partial charge in [0.05, 0.1) is 27.5 Å². The van der Waals surface area contributed by atoms with E-state index in [-0.39, 0.29) is 21.5 Å². The highest BCUT2D eigenvalue weighted by Crippen LogP contribution is 2.41. The van der Waals surface area contributed by atoms with Gasteiger partial charge in [0.2, 0.25) is 0 Å². The average Bonchev–Trinajstić information content (AvgIpc) is 2.78. The minimum Gasteiger partial charge on any atom is -0.301 e. The van der Waals surface area contributed by atoms with Crippen molar-refractivity contribution in [2.45, 2.75) is 19.1 Å². The van der Waals surface area contributed by atoms with Crippen molar-refractivity contribution in [3.63, 3.8) is 0 Å². The molecular formula is C20H10BrClF5N3O. The normalized spacial score (nSPS) is 15.7. The molecule has 2 aromatic carbocycles. The Hall–Kier alpha value is -2.59. The van der Waals surface area contributed by atoms with Gasteiger partial charge in [-0.15, -0.1) is 0 Å². The smallest absolute Gasteiger partial charge is 0.301 e. The minimum atomic E-state index is -4.83. The summed E-state index contributed by atoms with van der Waals surface area (Å²) in [6.45, 7) is 1.50. The fourth-order valence-electron chi connectivity index (χ4n) is 3.37. The second-order valence-electron chi connectivity index (χ2n) is 6.69. The quantitative estimate of drug-likeness (QED) is 0.379. The number of hydrogen-bond acceptors (Lipinski definition) is 3. The Kier molecular flexibility index (Phi) is 5.25. The number of nitrogens with zero attached hydrogens (tertiary/aromatic N) is 3. The highest BCUT2D eigenvalue weighted by atomic mass is 79.9. The van der Waals surface area contributed by atoms with E-state index in [9.17, 15) is 26.7 Å². The van der Waals surface area contributed by atoms with E-state index in [1.165, 1.54) is 17.7 Å². The van der Waals surface area contributed by atoms with Crippen LogP contribution in [0, 0.1) is 11.6 Å². The number of rotatable bonds is 1. The summed E-state index contributed by atoms with van der Waals surface area (Å²) >= 11 is 9.22. The molecule has 1 aliphatic rings. The van der Waals surface area contributed by atoms with Crippen molar-refractivity contribution < 1.29 is 22.0 Å². The number of aromatic nitrogens is 2. The maximum atomic E-state index is 14.6. The second kappa shape index (κ2) is 7.52. The van der Waals surface area contributed by atoms with E-state index in [1.54, 1.807) is 0 Å². The lowest BCUT2D eigenvalue weighted by atomic mass is 9.97. The molecule has 0 aliphatic carbocycles. The summed E-state index contributed by atoms with van der Waals surface area (Å²) < 4.78 is 71.3. The van der Waals surface area contributed by atoms with E-state index in [4.69, 9.17) is 11.6 Å². The number of halogens is 7. The topological polar surface area (TPSA) is 47.2 Å². The predicted octanol–water partition coefficient (Wildman–Crippen LogP) is 5.86. The van der Waals surface area contributed by atoms with E-state index in [2.05, 4.69) is 25.9 Å². The van der Waals surface area contributed by atoms with E-state index in [0.29, 0.717) is 0 Å². The molecule has 3 aromatic rings. The van der Waals surface area contributed by atoms with Crippen LogP contribution in [0.2, 0.25) is 5.02 Å². The van der Waals surface area contributed by atoms with Gasteiger partial charge < -0.3 is 4.57 Å². The van der Waals surface area contributed by atoms with Crippen LogP contribution in [0.1, 0.15) is 35.5 Å². The summed E-state index contributed by atoms with van der Waals surface area (Å²) in [5.41, 5.74) is -3.17. The zero-order valence-corrected chi connectivity index (χ0v) is 17.8. The van der Waals surface area contributed by atoms with Crippen molar-refractivity contribution in [2.75, 3.05) is 0 Å². The maximum Gasteiger partial charge on any atom is 0.417 e. The van der Waals surface area contributed by atoms with Gasteiger partial charge in [-0.3, -0.25) is 9.79 Å². The monoisotopic (exact) mass is 517 g/mol. The van der Waals surface area contributed by atoms with E-state index in [1.807, 2.05) is 0 Å². The molecule has 1 aromatic heterocycles. The summed E-state index contributed by atoms with van der Waals surface area (Å²) in [6, 6.07) is 3.95. The fourth-order valence-corrected chi connectivity index (χ4v) is 4.02. The molecule has 0 spiro atoms. The number of alkyl halides is 3. The lowest BCUT2D eigenvalue weighted by molar-refractivity contribution is -0.137. The average molecular weight is 519 g/mol. The molecule has 1 atom stereocenters. The highest BCUT2D eigenvalue weighted by molar-refractivity contribution is 9.10. The molecule has 2 heterocycles. The Labute approximate surface area is 185 Å². The van der Waals surface area contributed by atoms with Crippen LogP contribution >= 0.6 is 27.5 Å². The van der Waals surface area contributed by atoms with Gasteiger partial charge in [0.25, 0.3) is 5.56 Å². The molecule has 160 valence electrons. The third-order valence-electron chi connectivity index (χ3n) is 4.73. The molecule has 0 saturated carbocycles. The van der Waals surface area contributed by atoms with Gasteiger partial charge in [-0.25, -0.2) is 8.78 Å². The molecule has 0 N–H and O–H groups in total. The maximum absolute atomic E-state index is 14.6. The molecule has 1 unspecified atom stereocenters. The molecule has 4 nitrogen and oxygen atoms in total. The van der Waals surface area contributed by atoms with Gasteiger partial charge >= 0.3 is 6.18 Å². The van der Waals surface area contributed by atoms with Gasteiger partial charge in [0.15, 0.2) is 0 Å². The second-order valence-corrected chi connectivity index (χ2v) is 7.92. The highest BCUT2D eigenvalue weighted by Gasteiger charge is 2.37. The first-order valence-electron chi connectivity index (χ1n) is 8.72. The first-order valence-corrected chi connectivity index (χ1v) is 9.89. The molecule has 4 rings (SSSR count). The SMILES string of the molecule is CC1N=C(c2c(F)cccc2F)c2c(ccc(C(F)(F)F)c2Cl)-n2cc(Br)c(=O)nc21. The van der Waals surface area contributed by atoms with Gasteiger partial charge in [-0.05, 0) is 47.1 Å². The fraction of sp³-hybridized carbons (Fsp3) is 0.150. The zero-order chi connectivity index (χ0) is 22.7. The molecule has 1 aliphatic heterocycles. The third-order valence-corrected chi connectivity index (χ3v) is 5.66. The molecule has 0 radical (unpaired) electrons. The van der Waals surface area contributed by atoms with E-state index < -0.39 is 51.3 Å². The molecular weight excluding hydrogens is 509 g/mol. The number of benzene rings is 2. The van der Waals surface area contributed by atoms with Crippen LogP contribution in [0.3, 0.4) is 0 Å². The van der Waals surface area contributed by atoms with Crippen LogP contribution in [0.5, 0.6) is 0 Å². The van der Waals surface area contributed by atoms with Crippen molar-refractivity contribution in [3.05, 3.63) is 90.5 Å². The number of hydrogen-bond donors (Lipinski definition) is 0. The summed E-state index contributed by atoms with van der Waals surface area (Å²) in [6.07, 6.45) is -3.52. The summed E-state index contributed by atoms with van der Waals surface area (Å²) in [5, 5.41) is -0.777. The van der Waals surface area contributed by atoms with Crippen molar-refractivity contribution >= 4 is 33.2 Å². The van der Waals surface area contributed by atoms with Crippen LogP contribution in [0.15, 0.2) is 50.8 Å². The van der Waals surface area contributed by atoms with Crippen LogP contribution < -0.4 is 5.56 Å². The Balaban J connectivity index is 2.18. The van der Waals surface area contributed by atoms with Crippen LogP contribution in [-0.4, -0.2) is 15.3 Å². The third kappa shape index (κ3) is 3.57. The Morgan fingerprint density at radius 1 is 1.10 bits per heavy atom. The first-order chi connectivity index (χ1) is 14.5. The molecule has 0 amide bonds. The Bertz CT molecular complexity index is 1300. The molecule has 31 heavy (non-hydrogen) atoms. The van der Waals surface area contributed by atoms with E-state index in [0.717, 1.165) is 30.3 Å². The van der Waals surface area contributed by atoms with Crippen LogP contribution in [0.4, 0.5) is 22.0 Å². The number of fused-ring (bicyclic) bond motifs is 3. The van der Waals surface area contributed by atoms with Crippen LogP contribution in [-0.2, 0) is 6.18 Å². The largest absolute Gasteiger partial charge is 0.417 e. The lowest BCUT2D eigenvalue weighted by Crippen LogP contribution is -2.19. The van der Waals surface area contributed by atoms with Crippen molar-refractivity contribution in [2.24, 2.45) is 4.99 Å². The Morgan fingerprint density at radius 2 is 1.74 bits per heavy atom. The molecule has 0 fully saturated rings. The van der Waals surface area contributed by atoms with Crippen LogP contribution in [0.25, 0.3) is 5.69 Å². The van der Waals surface area contributed by atoms with Gasteiger partial charge in [-0.1, -0.05) is 17.7 Å². The Morgan fingerprint density at radius 3 is 2.35 bits per heavy atom. The summed E-state index contributed by atoms with van der Waals surface area (Å²) in [7, 11) is 0. The zero-order valence-electron chi connectivity index (χ0n) is 15.4. The molecule has 0 saturated heterocycles. The summed E-state index contributed by atoms with van der Waals surface area (Å²) in [4.78, 5) is 20.2. The number of aliphatic imine (C=N–C) groups is 1. The first kappa shape index (κ1) is 21.6. The minimum absolute atomic E-state index is 0.0333. The summed E-state index contributed by atoms with van der Waals surface area (Å²) in [5.74, 6) is -1.99. The van der Waals surface area contributed by atoms with E-state index >= 15 is 0 Å². The molecule has 11 heteroatoms. The van der Waals surface area contributed by atoms with Gasteiger partial charge in [0, 0.05) is 11.8 Å². The van der Waals surface area contributed by atoms with Crippen molar-refractivity contribution in [3.8, 4) is 5.69 Å². The van der Waals surface area contributed by atoms with Gasteiger partial charge in [0.1, 0.15) is 28.0 Å². The van der Waals surface area contributed by atoms with Crippen molar-refractivity contribution in [1.29, 1.82) is 0 Å².